The zero-order valence-electron chi connectivity index (χ0n) is 7.75. The fraction of sp³-hybridized carbons (Fsp3) is 0.900. The van der Waals surface area contributed by atoms with Gasteiger partial charge in [-0.2, -0.15) is 0 Å². The minimum absolute atomic E-state index is 0.412. The first-order valence-corrected chi connectivity index (χ1v) is 5.06. The van der Waals surface area contributed by atoms with Crippen LogP contribution in [0.2, 0.25) is 0 Å². The van der Waals surface area contributed by atoms with Crippen molar-refractivity contribution >= 4 is 5.91 Å². The molecular formula is C10H17NO. The van der Waals surface area contributed by atoms with Gasteiger partial charge < -0.3 is 4.90 Å². The Morgan fingerprint density at radius 2 is 2.08 bits per heavy atom. The van der Waals surface area contributed by atoms with Gasteiger partial charge in [0.25, 0.3) is 0 Å². The summed E-state index contributed by atoms with van der Waals surface area (Å²) in [5.74, 6) is 1.57. The Labute approximate surface area is 73.9 Å². The maximum Gasteiger partial charge on any atom is 0.225 e. The number of amides is 1. The van der Waals surface area contributed by atoms with E-state index >= 15 is 0 Å². The summed E-state index contributed by atoms with van der Waals surface area (Å²) in [6.07, 6.45) is 4.79. The van der Waals surface area contributed by atoms with Gasteiger partial charge >= 0.3 is 0 Å². The number of hydrogen-bond acceptors (Lipinski definition) is 1. The van der Waals surface area contributed by atoms with Gasteiger partial charge in [-0.05, 0) is 31.6 Å². The Kier molecular flexibility index (Phi) is 2.07. The predicted octanol–water partition coefficient (Wildman–Crippen LogP) is 1.65. The summed E-state index contributed by atoms with van der Waals surface area (Å²) < 4.78 is 0. The molecule has 68 valence electrons. The average molecular weight is 167 g/mol. The van der Waals surface area contributed by atoms with Crippen molar-refractivity contribution in [1.82, 2.24) is 4.90 Å². The molecule has 0 spiro atoms. The molecule has 2 rings (SSSR count). The summed E-state index contributed by atoms with van der Waals surface area (Å²) in [6.45, 7) is 4.27. The van der Waals surface area contributed by atoms with Crippen molar-refractivity contribution in [3.8, 4) is 0 Å². The first-order valence-electron chi connectivity index (χ1n) is 5.06. The molecule has 0 aromatic heterocycles. The zero-order valence-corrected chi connectivity index (χ0v) is 7.75. The van der Waals surface area contributed by atoms with Crippen molar-refractivity contribution in [1.29, 1.82) is 0 Å². The van der Waals surface area contributed by atoms with Crippen LogP contribution in [0.5, 0.6) is 0 Å². The molecule has 0 unspecified atom stereocenters. The third kappa shape index (κ3) is 1.62. The van der Waals surface area contributed by atoms with E-state index < -0.39 is 0 Å². The van der Waals surface area contributed by atoms with Crippen LogP contribution in [0, 0.1) is 11.8 Å². The van der Waals surface area contributed by atoms with Crippen molar-refractivity contribution in [2.75, 3.05) is 13.1 Å². The van der Waals surface area contributed by atoms with Crippen molar-refractivity contribution in [2.24, 2.45) is 11.8 Å². The van der Waals surface area contributed by atoms with Crippen LogP contribution in [0.1, 0.15) is 32.6 Å². The summed E-state index contributed by atoms with van der Waals surface area (Å²) in [5.41, 5.74) is 0. The molecule has 0 aromatic rings. The first-order chi connectivity index (χ1) is 5.77. The number of likely N-dealkylation sites (tertiary alicyclic amines) is 1. The van der Waals surface area contributed by atoms with Gasteiger partial charge in [0.2, 0.25) is 5.91 Å². The zero-order chi connectivity index (χ0) is 8.55. The van der Waals surface area contributed by atoms with Crippen LogP contribution in [0.25, 0.3) is 0 Å². The second-order valence-electron chi connectivity index (χ2n) is 4.31. The normalized spacial score (nSPS) is 30.4. The molecule has 1 saturated carbocycles. The van der Waals surface area contributed by atoms with Gasteiger partial charge in [-0.1, -0.05) is 6.92 Å². The lowest BCUT2D eigenvalue weighted by atomic mass is 10.00. The molecule has 1 saturated heterocycles. The highest BCUT2D eigenvalue weighted by atomic mass is 16.2. The summed E-state index contributed by atoms with van der Waals surface area (Å²) in [7, 11) is 0. The molecule has 2 nitrogen and oxygen atoms in total. The summed E-state index contributed by atoms with van der Waals surface area (Å²) in [4.78, 5) is 13.7. The molecule has 2 heteroatoms. The van der Waals surface area contributed by atoms with Crippen LogP contribution in [0.4, 0.5) is 0 Å². The van der Waals surface area contributed by atoms with Gasteiger partial charge in [0.1, 0.15) is 0 Å². The summed E-state index contributed by atoms with van der Waals surface area (Å²) in [6, 6.07) is 0. The van der Waals surface area contributed by atoms with E-state index in [-0.39, 0.29) is 0 Å². The molecule has 0 bridgehead atoms. The largest absolute Gasteiger partial charge is 0.342 e. The molecule has 2 fully saturated rings. The van der Waals surface area contributed by atoms with Crippen LogP contribution in [0.3, 0.4) is 0 Å². The highest BCUT2D eigenvalue weighted by Gasteiger charge is 2.34. The Morgan fingerprint density at radius 3 is 2.67 bits per heavy atom. The van der Waals surface area contributed by atoms with E-state index in [9.17, 15) is 4.79 Å². The van der Waals surface area contributed by atoms with Gasteiger partial charge in [0.15, 0.2) is 0 Å². The van der Waals surface area contributed by atoms with Crippen LogP contribution in [0.15, 0.2) is 0 Å². The van der Waals surface area contributed by atoms with Gasteiger partial charge in [0.05, 0.1) is 0 Å². The van der Waals surface area contributed by atoms with Crippen molar-refractivity contribution in [2.45, 2.75) is 32.6 Å². The van der Waals surface area contributed by atoms with Crippen molar-refractivity contribution in [3.05, 3.63) is 0 Å². The highest BCUT2D eigenvalue weighted by Crippen LogP contribution is 2.32. The van der Waals surface area contributed by atoms with Gasteiger partial charge in [-0.3, -0.25) is 4.79 Å². The highest BCUT2D eigenvalue weighted by molar-refractivity contribution is 5.81. The number of carbonyl (C=O) groups excluding carboxylic acids is 1. The number of piperidine rings is 1. The van der Waals surface area contributed by atoms with Crippen molar-refractivity contribution in [3.63, 3.8) is 0 Å². The lowest BCUT2D eigenvalue weighted by Gasteiger charge is -2.31. The first kappa shape index (κ1) is 8.09. The fourth-order valence-electron chi connectivity index (χ4n) is 1.98. The van der Waals surface area contributed by atoms with Gasteiger partial charge in [-0.15, -0.1) is 0 Å². The average Bonchev–Trinajstić information content (AvgIpc) is 2.85. The molecule has 0 aromatic carbocycles. The van der Waals surface area contributed by atoms with E-state index in [1.807, 2.05) is 0 Å². The van der Waals surface area contributed by atoms with Crippen LogP contribution >= 0.6 is 0 Å². The Balaban J connectivity index is 1.89. The Morgan fingerprint density at radius 1 is 1.33 bits per heavy atom. The topological polar surface area (TPSA) is 20.3 Å². The maximum atomic E-state index is 11.6. The quantitative estimate of drug-likeness (QED) is 0.581. The lowest BCUT2D eigenvalue weighted by Crippen LogP contribution is -2.39. The van der Waals surface area contributed by atoms with E-state index in [0.717, 1.165) is 31.8 Å². The molecule has 1 aliphatic carbocycles. The minimum Gasteiger partial charge on any atom is -0.342 e. The molecule has 0 N–H and O–H groups in total. The van der Waals surface area contributed by atoms with Crippen LogP contribution in [-0.2, 0) is 4.79 Å². The number of hydrogen-bond donors (Lipinski definition) is 0. The van der Waals surface area contributed by atoms with E-state index in [2.05, 4.69) is 11.8 Å². The van der Waals surface area contributed by atoms with Crippen molar-refractivity contribution < 1.29 is 4.79 Å². The van der Waals surface area contributed by atoms with E-state index in [4.69, 9.17) is 0 Å². The molecule has 1 aliphatic heterocycles. The SMILES string of the molecule is C[C@H]1CCCN(C(=O)C2CC2)C1. The Bertz CT molecular complexity index is 186. The van der Waals surface area contributed by atoms with E-state index in [0.29, 0.717) is 11.8 Å². The van der Waals surface area contributed by atoms with Crippen LogP contribution < -0.4 is 0 Å². The minimum atomic E-state index is 0.412. The lowest BCUT2D eigenvalue weighted by molar-refractivity contribution is -0.134. The third-order valence-corrected chi connectivity index (χ3v) is 2.90. The van der Waals surface area contributed by atoms with Gasteiger partial charge in [-0.25, -0.2) is 0 Å². The summed E-state index contributed by atoms with van der Waals surface area (Å²) >= 11 is 0. The molecular weight excluding hydrogens is 150 g/mol. The predicted molar refractivity (Wildman–Crippen MR) is 47.7 cm³/mol. The maximum absolute atomic E-state index is 11.6. The number of nitrogens with zero attached hydrogens (tertiary/aromatic N) is 1. The molecule has 2 aliphatic rings. The Hall–Kier alpha value is -0.530. The smallest absolute Gasteiger partial charge is 0.225 e. The molecule has 1 heterocycles. The standard InChI is InChI=1S/C10H17NO/c1-8-3-2-6-11(7-8)10(12)9-4-5-9/h8-9H,2-7H2,1H3/t8-/m0/s1. The number of rotatable bonds is 1. The molecule has 12 heavy (non-hydrogen) atoms. The fourth-order valence-corrected chi connectivity index (χ4v) is 1.98. The second kappa shape index (κ2) is 3.08. The van der Waals surface area contributed by atoms with E-state index in [1.165, 1.54) is 12.8 Å². The van der Waals surface area contributed by atoms with Gasteiger partial charge in [0, 0.05) is 19.0 Å². The molecule has 0 radical (unpaired) electrons. The molecule has 1 atom stereocenters. The second-order valence-corrected chi connectivity index (χ2v) is 4.31. The monoisotopic (exact) mass is 167 g/mol. The third-order valence-electron chi connectivity index (χ3n) is 2.90. The van der Waals surface area contributed by atoms with E-state index in [1.54, 1.807) is 0 Å². The number of carbonyl (C=O) groups is 1. The summed E-state index contributed by atoms with van der Waals surface area (Å²) in [5, 5.41) is 0. The molecule has 1 amide bonds. The van der Waals surface area contributed by atoms with Crippen LogP contribution in [-0.4, -0.2) is 23.9 Å².